The summed E-state index contributed by atoms with van der Waals surface area (Å²) < 4.78 is 38.2. The largest absolute Gasteiger partial charge is 0.493 e. The third kappa shape index (κ3) is 4.57. The summed E-state index contributed by atoms with van der Waals surface area (Å²) in [7, 11) is 1.42. The first-order valence-electron chi connectivity index (χ1n) is 8.93. The van der Waals surface area contributed by atoms with Crippen LogP contribution in [0.3, 0.4) is 0 Å². The fourth-order valence-corrected chi connectivity index (χ4v) is 4.22. The molecule has 1 saturated heterocycles. The molecule has 6 nitrogen and oxygen atoms in total. The number of aromatic nitrogens is 2. The maximum atomic E-state index is 13.9. The summed E-state index contributed by atoms with van der Waals surface area (Å²) in [4.78, 5) is 21.8. The van der Waals surface area contributed by atoms with Crippen molar-refractivity contribution in [3.05, 3.63) is 76.0 Å². The topological polar surface area (TPSA) is 64.5 Å². The molecule has 2 heterocycles. The van der Waals surface area contributed by atoms with E-state index < -0.39 is 11.6 Å². The predicted octanol–water partition coefficient (Wildman–Crippen LogP) is 5.61. The van der Waals surface area contributed by atoms with E-state index in [-0.39, 0.29) is 28.6 Å². The third-order valence-electron chi connectivity index (χ3n) is 4.25. The first-order valence-corrected chi connectivity index (χ1v) is 10.5. The normalized spacial score (nSPS) is 14.9. The minimum Gasteiger partial charge on any atom is -0.493 e. The fraction of sp³-hybridized carbons (Fsp3) is 0.0476. The van der Waals surface area contributed by atoms with Crippen molar-refractivity contribution < 1.29 is 23.0 Å². The number of amides is 1. The number of methoxy groups -OCH3 is 1. The second-order valence-electron chi connectivity index (χ2n) is 6.30. The molecule has 32 heavy (non-hydrogen) atoms. The van der Waals surface area contributed by atoms with Crippen LogP contribution in [0.25, 0.3) is 6.08 Å². The lowest BCUT2D eigenvalue weighted by atomic mass is 10.2. The third-order valence-corrected chi connectivity index (χ3v) is 5.74. The summed E-state index contributed by atoms with van der Waals surface area (Å²) in [6, 6.07) is 10.3. The summed E-state index contributed by atoms with van der Waals surface area (Å²) in [5.74, 6) is -1.41. The van der Waals surface area contributed by atoms with Gasteiger partial charge in [-0.3, -0.25) is 9.69 Å². The van der Waals surface area contributed by atoms with E-state index in [9.17, 15) is 13.6 Å². The van der Waals surface area contributed by atoms with Gasteiger partial charge in [0.1, 0.15) is 5.82 Å². The van der Waals surface area contributed by atoms with Crippen LogP contribution < -0.4 is 14.4 Å². The van der Waals surface area contributed by atoms with E-state index in [1.165, 1.54) is 36.3 Å². The Balaban J connectivity index is 1.60. The van der Waals surface area contributed by atoms with Gasteiger partial charge in [0.15, 0.2) is 15.8 Å². The van der Waals surface area contributed by atoms with Crippen LogP contribution in [0.1, 0.15) is 5.56 Å². The molecule has 0 saturated carbocycles. The van der Waals surface area contributed by atoms with Crippen molar-refractivity contribution in [3.8, 4) is 17.4 Å². The number of halogens is 3. The van der Waals surface area contributed by atoms with Gasteiger partial charge < -0.3 is 9.47 Å². The molecule has 0 aliphatic carbocycles. The highest BCUT2D eigenvalue weighted by Crippen LogP contribution is 2.38. The standard InChI is InChI=1S/C21H12ClF2N3O3S2/c1-29-16-8-11(2-7-15(16)30-18-14(24)10-25-20(22)26-18)9-17-19(28)27(21(31)32-17)13-5-3-12(23)4-6-13/h2-10H,1H3/b17-9+. The van der Waals surface area contributed by atoms with Crippen molar-refractivity contribution in [2.45, 2.75) is 0 Å². The molecule has 1 amide bonds. The number of carbonyl (C=O) groups is 1. The Hall–Kier alpha value is -3.08. The average Bonchev–Trinajstić information content (AvgIpc) is 3.05. The van der Waals surface area contributed by atoms with Gasteiger partial charge in [-0.05, 0) is 59.6 Å². The number of carbonyl (C=O) groups excluding carboxylic acids is 1. The summed E-state index contributed by atoms with van der Waals surface area (Å²) >= 11 is 12.1. The minimum atomic E-state index is -0.787. The molecule has 0 atom stereocenters. The number of thiocarbonyl (C=S) groups is 1. The van der Waals surface area contributed by atoms with Gasteiger partial charge in [-0.2, -0.15) is 9.37 Å². The Labute approximate surface area is 195 Å². The Morgan fingerprint density at radius 2 is 1.91 bits per heavy atom. The zero-order chi connectivity index (χ0) is 22.8. The molecular formula is C21H12ClF2N3O3S2. The summed E-state index contributed by atoms with van der Waals surface area (Å²) in [6.45, 7) is 0. The Morgan fingerprint density at radius 1 is 1.16 bits per heavy atom. The molecule has 162 valence electrons. The minimum absolute atomic E-state index is 0.167. The van der Waals surface area contributed by atoms with Crippen molar-refractivity contribution >= 4 is 57.6 Å². The lowest BCUT2D eigenvalue weighted by Gasteiger charge is -2.14. The molecule has 4 rings (SSSR count). The molecule has 0 spiro atoms. The van der Waals surface area contributed by atoms with E-state index in [4.69, 9.17) is 33.3 Å². The highest BCUT2D eigenvalue weighted by atomic mass is 35.5. The van der Waals surface area contributed by atoms with Crippen LogP contribution in [-0.2, 0) is 4.79 Å². The molecule has 1 aromatic heterocycles. The van der Waals surface area contributed by atoms with E-state index in [1.54, 1.807) is 24.3 Å². The van der Waals surface area contributed by atoms with Crippen molar-refractivity contribution in [2.24, 2.45) is 0 Å². The van der Waals surface area contributed by atoms with Gasteiger partial charge in [0, 0.05) is 0 Å². The molecular weight excluding hydrogens is 480 g/mol. The molecule has 1 aliphatic heterocycles. The Kier molecular flexibility index (Phi) is 6.35. The highest BCUT2D eigenvalue weighted by Gasteiger charge is 2.33. The number of hydrogen-bond acceptors (Lipinski definition) is 7. The van der Waals surface area contributed by atoms with Crippen LogP contribution in [0.15, 0.2) is 53.6 Å². The number of hydrogen-bond donors (Lipinski definition) is 0. The van der Waals surface area contributed by atoms with Crippen LogP contribution in [0.4, 0.5) is 14.5 Å². The first-order chi connectivity index (χ1) is 15.4. The van der Waals surface area contributed by atoms with Gasteiger partial charge in [-0.15, -0.1) is 0 Å². The lowest BCUT2D eigenvalue weighted by Crippen LogP contribution is -2.27. The van der Waals surface area contributed by atoms with Gasteiger partial charge in [0.05, 0.1) is 23.9 Å². The van der Waals surface area contributed by atoms with E-state index in [2.05, 4.69) is 9.97 Å². The predicted molar refractivity (Wildman–Crippen MR) is 122 cm³/mol. The number of rotatable bonds is 5. The van der Waals surface area contributed by atoms with Gasteiger partial charge >= 0.3 is 0 Å². The molecule has 0 unspecified atom stereocenters. The van der Waals surface area contributed by atoms with Crippen molar-refractivity contribution in [1.82, 2.24) is 9.97 Å². The van der Waals surface area contributed by atoms with E-state index >= 15 is 0 Å². The van der Waals surface area contributed by atoms with Gasteiger partial charge in [0.2, 0.25) is 11.1 Å². The van der Waals surface area contributed by atoms with E-state index in [1.807, 2.05) is 0 Å². The van der Waals surface area contributed by atoms with Crippen LogP contribution >= 0.6 is 35.6 Å². The summed E-state index contributed by atoms with van der Waals surface area (Å²) in [5, 5.41) is -0.167. The fourth-order valence-electron chi connectivity index (χ4n) is 2.80. The molecule has 2 aromatic carbocycles. The zero-order valence-corrected chi connectivity index (χ0v) is 18.6. The summed E-state index contributed by atoms with van der Waals surface area (Å²) in [6.07, 6.45) is 2.53. The van der Waals surface area contributed by atoms with Gasteiger partial charge in [0.25, 0.3) is 11.8 Å². The van der Waals surface area contributed by atoms with Crippen LogP contribution in [0, 0.1) is 11.6 Å². The Morgan fingerprint density at radius 3 is 2.62 bits per heavy atom. The second kappa shape index (κ2) is 9.19. The van der Waals surface area contributed by atoms with Crippen LogP contribution in [0.5, 0.6) is 17.4 Å². The van der Waals surface area contributed by atoms with Crippen molar-refractivity contribution in [2.75, 3.05) is 12.0 Å². The maximum Gasteiger partial charge on any atom is 0.270 e. The molecule has 11 heteroatoms. The first kappa shape index (κ1) is 22.1. The van der Waals surface area contributed by atoms with Crippen LogP contribution in [0.2, 0.25) is 5.28 Å². The van der Waals surface area contributed by atoms with E-state index in [0.717, 1.165) is 18.0 Å². The van der Waals surface area contributed by atoms with E-state index in [0.29, 0.717) is 20.5 Å². The van der Waals surface area contributed by atoms with Crippen molar-refractivity contribution in [1.29, 1.82) is 0 Å². The zero-order valence-electron chi connectivity index (χ0n) is 16.2. The molecule has 0 N–H and O–H groups in total. The number of anilines is 1. The quantitative estimate of drug-likeness (QED) is 0.261. The maximum absolute atomic E-state index is 13.9. The molecule has 1 aliphatic rings. The molecule has 0 bridgehead atoms. The van der Waals surface area contributed by atoms with Gasteiger partial charge in [-0.1, -0.05) is 30.0 Å². The van der Waals surface area contributed by atoms with Crippen LogP contribution in [-0.4, -0.2) is 27.3 Å². The number of thioether (sulfide) groups is 1. The average molecular weight is 492 g/mol. The number of benzene rings is 2. The molecule has 3 aromatic rings. The SMILES string of the molecule is COc1cc(/C=C2/SC(=S)N(c3ccc(F)cc3)C2=O)ccc1Oc1nc(Cl)ncc1F. The van der Waals surface area contributed by atoms with Crippen molar-refractivity contribution in [3.63, 3.8) is 0 Å². The molecule has 1 fully saturated rings. The second-order valence-corrected chi connectivity index (χ2v) is 8.31. The lowest BCUT2D eigenvalue weighted by molar-refractivity contribution is -0.113. The smallest absolute Gasteiger partial charge is 0.270 e. The highest BCUT2D eigenvalue weighted by molar-refractivity contribution is 8.27. The Bertz CT molecular complexity index is 1260. The van der Waals surface area contributed by atoms with Gasteiger partial charge in [-0.25, -0.2) is 9.37 Å². The monoisotopic (exact) mass is 491 g/mol. The number of ether oxygens (including phenoxy) is 2. The number of nitrogens with zero attached hydrogens (tertiary/aromatic N) is 3. The summed E-state index contributed by atoms with van der Waals surface area (Å²) in [5.41, 5.74) is 1.10. The molecule has 0 radical (unpaired) electrons.